The largest absolute Gasteiger partial charge is 0.332 e. The predicted octanol–water partition coefficient (Wildman–Crippen LogP) is 2.43. The van der Waals surface area contributed by atoms with Gasteiger partial charge in [0.1, 0.15) is 6.54 Å². The van der Waals surface area contributed by atoms with Gasteiger partial charge >= 0.3 is 5.69 Å². The summed E-state index contributed by atoms with van der Waals surface area (Å²) in [5.41, 5.74) is 0.894. The van der Waals surface area contributed by atoms with E-state index in [0.717, 1.165) is 19.3 Å². The van der Waals surface area contributed by atoms with E-state index in [-0.39, 0.29) is 30.2 Å². The Labute approximate surface area is 204 Å². The van der Waals surface area contributed by atoms with Crippen LogP contribution in [-0.4, -0.2) is 34.6 Å². The Morgan fingerprint density at radius 3 is 2.71 bits per heavy atom. The summed E-state index contributed by atoms with van der Waals surface area (Å²) in [5, 5.41) is 0.522. The summed E-state index contributed by atoms with van der Waals surface area (Å²) in [6, 6.07) is 11.2. The highest BCUT2D eigenvalue weighted by molar-refractivity contribution is 9.10. The number of hydrogen-bond acceptors (Lipinski definition) is 7. The average molecular weight is 540 g/mol. The number of aryl methyl sites for hydroxylation is 1. The summed E-state index contributed by atoms with van der Waals surface area (Å²) in [4.78, 5) is 53.4. The molecule has 0 saturated carbocycles. The third-order valence-electron chi connectivity index (χ3n) is 5.44. The molecule has 0 atom stereocenters. The van der Waals surface area contributed by atoms with E-state index < -0.39 is 11.2 Å². The summed E-state index contributed by atoms with van der Waals surface area (Å²) < 4.78 is 5.61. The highest BCUT2D eigenvalue weighted by atomic mass is 79.9. The van der Waals surface area contributed by atoms with Gasteiger partial charge in [-0.1, -0.05) is 33.3 Å². The van der Waals surface area contributed by atoms with Crippen molar-refractivity contribution in [1.82, 2.24) is 28.7 Å². The molecule has 12 heteroatoms. The summed E-state index contributed by atoms with van der Waals surface area (Å²) in [7, 11) is 2.94. The zero-order valence-corrected chi connectivity index (χ0v) is 20.6. The molecule has 0 N–H and O–H groups in total. The van der Waals surface area contributed by atoms with Crippen LogP contribution in [0, 0.1) is 0 Å². The number of halogens is 1. The van der Waals surface area contributed by atoms with Crippen LogP contribution in [0.15, 0.2) is 63.0 Å². The lowest BCUT2D eigenvalue weighted by molar-refractivity contribution is -0.119. The molecular formula is C22H18BrN7O3S. The Bertz CT molecular complexity index is 1670. The van der Waals surface area contributed by atoms with E-state index in [1.807, 2.05) is 36.4 Å². The number of carbonyl (C=O) groups is 1. The fourth-order valence-electron chi connectivity index (χ4n) is 3.67. The van der Waals surface area contributed by atoms with Crippen molar-refractivity contribution in [2.75, 3.05) is 4.90 Å². The highest BCUT2D eigenvalue weighted by Crippen LogP contribution is 2.31. The number of thiazole rings is 1. The molecular weight excluding hydrogens is 522 g/mol. The van der Waals surface area contributed by atoms with E-state index in [1.54, 1.807) is 11.1 Å². The third kappa shape index (κ3) is 3.84. The maximum atomic E-state index is 13.6. The van der Waals surface area contributed by atoms with Gasteiger partial charge in [-0.2, -0.15) is 0 Å². The number of nitrogens with zero attached hydrogens (tertiary/aromatic N) is 7. The summed E-state index contributed by atoms with van der Waals surface area (Å²) in [6.45, 7) is 0.0557. The molecule has 0 saturated heterocycles. The molecule has 172 valence electrons. The molecule has 0 radical (unpaired) electrons. The molecule has 0 aliphatic heterocycles. The van der Waals surface area contributed by atoms with E-state index in [9.17, 15) is 14.4 Å². The number of amides is 1. The van der Waals surface area contributed by atoms with Crippen LogP contribution in [-0.2, 0) is 32.0 Å². The first-order valence-electron chi connectivity index (χ1n) is 10.2. The fourth-order valence-corrected chi connectivity index (χ4v) is 5.20. The van der Waals surface area contributed by atoms with Crippen LogP contribution < -0.4 is 16.1 Å². The number of hydrogen-bond donors (Lipinski definition) is 0. The highest BCUT2D eigenvalue weighted by Gasteiger charge is 2.23. The van der Waals surface area contributed by atoms with Gasteiger partial charge in [-0.25, -0.2) is 14.8 Å². The first-order valence-corrected chi connectivity index (χ1v) is 11.8. The minimum Gasteiger partial charge on any atom is -0.315 e. The van der Waals surface area contributed by atoms with Crippen molar-refractivity contribution in [1.29, 1.82) is 0 Å². The quantitative estimate of drug-likeness (QED) is 0.339. The number of fused-ring (bicyclic) bond motifs is 2. The third-order valence-corrected chi connectivity index (χ3v) is 6.97. The zero-order chi connectivity index (χ0) is 24.0. The van der Waals surface area contributed by atoms with Crippen LogP contribution in [0.2, 0.25) is 0 Å². The summed E-state index contributed by atoms with van der Waals surface area (Å²) in [5.74, 6) is -0.293. The molecule has 0 bridgehead atoms. The van der Waals surface area contributed by atoms with E-state index in [1.165, 1.54) is 40.9 Å². The van der Waals surface area contributed by atoms with Crippen LogP contribution in [0.25, 0.3) is 21.4 Å². The van der Waals surface area contributed by atoms with Gasteiger partial charge in [0.25, 0.3) is 5.56 Å². The second-order valence-corrected chi connectivity index (χ2v) is 9.58. The molecule has 5 aromatic rings. The number of pyridine rings is 1. The van der Waals surface area contributed by atoms with E-state index in [4.69, 9.17) is 0 Å². The molecule has 0 fully saturated rings. The van der Waals surface area contributed by atoms with Gasteiger partial charge in [0.15, 0.2) is 16.3 Å². The Morgan fingerprint density at radius 1 is 1.12 bits per heavy atom. The topological polar surface area (TPSA) is 108 Å². The van der Waals surface area contributed by atoms with Crippen LogP contribution >= 0.6 is 27.3 Å². The summed E-state index contributed by atoms with van der Waals surface area (Å²) >= 11 is 4.86. The van der Waals surface area contributed by atoms with Gasteiger partial charge in [-0.3, -0.25) is 28.6 Å². The van der Waals surface area contributed by atoms with Crippen molar-refractivity contribution in [3.8, 4) is 0 Å². The summed E-state index contributed by atoms with van der Waals surface area (Å²) in [6.07, 6.45) is 3.07. The Balaban J connectivity index is 1.57. The van der Waals surface area contributed by atoms with Crippen molar-refractivity contribution < 1.29 is 4.79 Å². The number of anilines is 1. The molecule has 0 aliphatic carbocycles. The molecule has 0 aliphatic rings. The lowest BCUT2D eigenvalue weighted by Gasteiger charge is -2.20. The molecule has 1 aromatic carbocycles. The van der Waals surface area contributed by atoms with E-state index >= 15 is 0 Å². The molecule has 10 nitrogen and oxygen atoms in total. The van der Waals surface area contributed by atoms with Crippen molar-refractivity contribution in [3.05, 3.63) is 79.9 Å². The van der Waals surface area contributed by atoms with Crippen molar-refractivity contribution in [3.63, 3.8) is 0 Å². The Morgan fingerprint density at radius 2 is 1.94 bits per heavy atom. The molecule has 5 rings (SSSR count). The Kier molecular flexibility index (Phi) is 5.62. The van der Waals surface area contributed by atoms with Crippen molar-refractivity contribution in [2.45, 2.75) is 13.1 Å². The van der Waals surface area contributed by atoms with Gasteiger partial charge in [0.05, 0.1) is 28.8 Å². The smallest absolute Gasteiger partial charge is 0.315 e. The molecule has 4 aromatic heterocycles. The monoisotopic (exact) mass is 539 g/mol. The minimum atomic E-state index is -0.510. The average Bonchev–Trinajstić information content (AvgIpc) is 3.44. The van der Waals surface area contributed by atoms with Gasteiger partial charge in [-0.05, 0) is 30.3 Å². The molecule has 0 spiro atoms. The predicted molar refractivity (Wildman–Crippen MR) is 133 cm³/mol. The van der Waals surface area contributed by atoms with Crippen LogP contribution in [0.5, 0.6) is 0 Å². The number of imidazole rings is 1. The molecule has 4 heterocycles. The first kappa shape index (κ1) is 22.2. The fraction of sp³-hybridized carbons (Fsp3) is 0.182. The SMILES string of the molecule is Cn1c(=O)c2c(ncn2CC(=O)N(Cc2ccccn2)c2nc3ccc(Br)cc3s2)n(C)c1=O. The lowest BCUT2D eigenvalue weighted by atomic mass is 10.3. The maximum absolute atomic E-state index is 13.6. The molecule has 1 amide bonds. The van der Waals surface area contributed by atoms with E-state index in [2.05, 4.69) is 30.9 Å². The normalized spacial score (nSPS) is 11.4. The second kappa shape index (κ2) is 8.61. The standard InChI is InChI=1S/C22H18BrN7O3S/c1-27-19-18(20(32)28(2)22(27)33)29(12-25-19)11-17(31)30(10-14-5-3-4-8-24-14)21-26-15-7-6-13(23)9-16(15)34-21/h3-9,12H,10-11H2,1-2H3. The number of aromatic nitrogens is 6. The Hall–Kier alpha value is -3.64. The number of benzene rings is 1. The van der Waals surface area contributed by atoms with E-state index in [0.29, 0.717) is 10.8 Å². The van der Waals surface area contributed by atoms with Crippen LogP contribution in [0.3, 0.4) is 0 Å². The van der Waals surface area contributed by atoms with Gasteiger partial charge in [-0.15, -0.1) is 0 Å². The van der Waals surface area contributed by atoms with Crippen molar-refractivity contribution in [2.24, 2.45) is 14.1 Å². The van der Waals surface area contributed by atoms with Crippen LogP contribution in [0.1, 0.15) is 5.69 Å². The molecule has 34 heavy (non-hydrogen) atoms. The molecule has 0 unspecified atom stereocenters. The number of carbonyl (C=O) groups excluding carboxylic acids is 1. The number of rotatable bonds is 5. The second-order valence-electron chi connectivity index (χ2n) is 7.66. The lowest BCUT2D eigenvalue weighted by Crippen LogP contribution is -2.38. The van der Waals surface area contributed by atoms with Crippen LogP contribution in [0.4, 0.5) is 5.13 Å². The van der Waals surface area contributed by atoms with Gasteiger partial charge < -0.3 is 4.57 Å². The zero-order valence-electron chi connectivity index (χ0n) is 18.2. The van der Waals surface area contributed by atoms with Gasteiger partial charge in [0, 0.05) is 24.8 Å². The minimum absolute atomic E-state index is 0.156. The van der Waals surface area contributed by atoms with Crippen molar-refractivity contribution >= 4 is 59.7 Å². The van der Waals surface area contributed by atoms with Gasteiger partial charge in [0.2, 0.25) is 5.91 Å². The maximum Gasteiger partial charge on any atom is 0.332 e. The first-order chi connectivity index (χ1) is 16.3.